The van der Waals surface area contributed by atoms with Crippen LogP contribution in [0.5, 0.6) is 0 Å². The molecule has 18 heavy (non-hydrogen) atoms. The van der Waals surface area contributed by atoms with Crippen LogP contribution < -0.4 is 11.3 Å². The van der Waals surface area contributed by atoms with Crippen LogP contribution in [0.25, 0.3) is 0 Å². The summed E-state index contributed by atoms with van der Waals surface area (Å²) in [5.74, 6) is 5.42. The van der Waals surface area contributed by atoms with Crippen LogP contribution >= 0.6 is 15.9 Å². The molecule has 0 saturated carbocycles. The van der Waals surface area contributed by atoms with E-state index in [0.717, 1.165) is 15.6 Å². The molecule has 1 unspecified atom stereocenters. The lowest BCUT2D eigenvalue weighted by Gasteiger charge is -2.18. The maximum absolute atomic E-state index is 12.1. The summed E-state index contributed by atoms with van der Waals surface area (Å²) in [7, 11) is 0. The van der Waals surface area contributed by atoms with E-state index in [-0.39, 0.29) is 12.5 Å². The standard InChI is InChI=1S/C12H16BrF3N2/c1-8-4-5-10(13)9(7-8)11(18-17)3-2-6-12(14,15)16/h4-5,7,11,18H,2-3,6,17H2,1H3. The van der Waals surface area contributed by atoms with Gasteiger partial charge in [0.25, 0.3) is 0 Å². The molecule has 3 N–H and O–H groups in total. The van der Waals surface area contributed by atoms with E-state index >= 15 is 0 Å². The largest absolute Gasteiger partial charge is 0.389 e. The summed E-state index contributed by atoms with van der Waals surface area (Å²) in [5, 5.41) is 0. The van der Waals surface area contributed by atoms with Gasteiger partial charge in [0.15, 0.2) is 0 Å². The van der Waals surface area contributed by atoms with Gasteiger partial charge in [-0.3, -0.25) is 11.3 Å². The van der Waals surface area contributed by atoms with Crippen molar-refractivity contribution in [1.29, 1.82) is 0 Å². The Labute approximate surface area is 113 Å². The highest BCUT2D eigenvalue weighted by Crippen LogP contribution is 2.30. The molecule has 0 amide bonds. The first-order valence-corrected chi connectivity index (χ1v) is 6.41. The summed E-state index contributed by atoms with van der Waals surface area (Å²) >= 11 is 3.39. The highest BCUT2D eigenvalue weighted by atomic mass is 79.9. The third-order valence-electron chi connectivity index (χ3n) is 2.68. The van der Waals surface area contributed by atoms with Crippen LogP contribution in [0.4, 0.5) is 13.2 Å². The number of benzene rings is 1. The molecule has 1 aromatic carbocycles. The number of alkyl halides is 3. The molecule has 0 bridgehead atoms. The summed E-state index contributed by atoms with van der Waals surface area (Å²) in [5.41, 5.74) is 4.51. The summed E-state index contributed by atoms with van der Waals surface area (Å²) in [6, 6.07) is 5.44. The Bertz CT molecular complexity index is 393. The van der Waals surface area contributed by atoms with E-state index in [1.54, 1.807) is 0 Å². The maximum Gasteiger partial charge on any atom is 0.389 e. The van der Waals surface area contributed by atoms with Crippen LogP contribution in [-0.2, 0) is 0 Å². The monoisotopic (exact) mass is 324 g/mol. The zero-order valence-corrected chi connectivity index (χ0v) is 11.6. The lowest BCUT2D eigenvalue weighted by Crippen LogP contribution is -2.28. The third-order valence-corrected chi connectivity index (χ3v) is 3.40. The van der Waals surface area contributed by atoms with Crippen molar-refractivity contribution in [3.8, 4) is 0 Å². The van der Waals surface area contributed by atoms with Gasteiger partial charge in [0.2, 0.25) is 0 Å². The van der Waals surface area contributed by atoms with E-state index in [0.29, 0.717) is 6.42 Å². The fourth-order valence-corrected chi connectivity index (χ4v) is 2.29. The van der Waals surface area contributed by atoms with Gasteiger partial charge in [0.1, 0.15) is 0 Å². The average molecular weight is 325 g/mol. The van der Waals surface area contributed by atoms with Crippen LogP contribution in [0, 0.1) is 6.92 Å². The zero-order valence-electron chi connectivity index (χ0n) is 10.0. The molecule has 1 aromatic rings. The summed E-state index contributed by atoms with van der Waals surface area (Å²) in [4.78, 5) is 0. The second kappa shape index (κ2) is 6.54. The smallest absolute Gasteiger partial charge is 0.271 e. The van der Waals surface area contributed by atoms with Crippen LogP contribution in [0.1, 0.15) is 36.4 Å². The van der Waals surface area contributed by atoms with Crippen molar-refractivity contribution in [1.82, 2.24) is 5.43 Å². The van der Waals surface area contributed by atoms with Gasteiger partial charge in [0, 0.05) is 16.9 Å². The molecule has 1 rings (SSSR count). The topological polar surface area (TPSA) is 38.0 Å². The molecule has 0 heterocycles. The average Bonchev–Trinajstić information content (AvgIpc) is 2.27. The SMILES string of the molecule is Cc1ccc(Br)c(C(CCCC(F)(F)F)NN)c1. The molecule has 0 spiro atoms. The van der Waals surface area contributed by atoms with Gasteiger partial charge < -0.3 is 0 Å². The van der Waals surface area contributed by atoms with Crippen molar-refractivity contribution in [3.05, 3.63) is 33.8 Å². The number of hydrazine groups is 1. The van der Waals surface area contributed by atoms with E-state index in [9.17, 15) is 13.2 Å². The van der Waals surface area contributed by atoms with E-state index in [2.05, 4.69) is 21.4 Å². The first-order valence-electron chi connectivity index (χ1n) is 5.62. The van der Waals surface area contributed by atoms with E-state index in [1.807, 2.05) is 25.1 Å². The summed E-state index contributed by atoms with van der Waals surface area (Å²) < 4.78 is 37.1. The number of nitrogens with two attached hydrogens (primary N) is 1. The van der Waals surface area contributed by atoms with Crippen molar-refractivity contribution in [2.75, 3.05) is 0 Å². The molecule has 2 nitrogen and oxygen atoms in total. The van der Waals surface area contributed by atoms with E-state index < -0.39 is 12.6 Å². The number of hydrogen-bond acceptors (Lipinski definition) is 2. The fourth-order valence-electron chi connectivity index (χ4n) is 1.77. The van der Waals surface area contributed by atoms with Crippen molar-refractivity contribution in [3.63, 3.8) is 0 Å². The van der Waals surface area contributed by atoms with Crippen molar-refractivity contribution in [2.45, 2.75) is 38.4 Å². The number of hydrogen-bond donors (Lipinski definition) is 2. The van der Waals surface area contributed by atoms with Crippen LogP contribution in [0.15, 0.2) is 22.7 Å². The maximum atomic E-state index is 12.1. The van der Waals surface area contributed by atoms with Crippen molar-refractivity contribution < 1.29 is 13.2 Å². The Kier molecular flexibility index (Phi) is 5.62. The van der Waals surface area contributed by atoms with Crippen molar-refractivity contribution >= 4 is 15.9 Å². The minimum atomic E-state index is -4.11. The molecular weight excluding hydrogens is 309 g/mol. The van der Waals surface area contributed by atoms with E-state index in [1.165, 1.54) is 0 Å². The minimum absolute atomic E-state index is 0.0543. The normalized spacial score (nSPS) is 13.7. The predicted molar refractivity (Wildman–Crippen MR) is 68.8 cm³/mol. The Morgan fingerprint density at radius 3 is 2.61 bits per heavy atom. The Morgan fingerprint density at radius 2 is 2.06 bits per heavy atom. The molecule has 6 heteroatoms. The quantitative estimate of drug-likeness (QED) is 0.634. The molecule has 0 aliphatic heterocycles. The fraction of sp³-hybridized carbons (Fsp3) is 0.500. The lowest BCUT2D eigenvalue weighted by atomic mass is 10.00. The Hall–Kier alpha value is -0.590. The Balaban J connectivity index is 2.68. The van der Waals surface area contributed by atoms with Crippen molar-refractivity contribution in [2.24, 2.45) is 5.84 Å². The van der Waals surface area contributed by atoms with E-state index in [4.69, 9.17) is 5.84 Å². The molecule has 0 fully saturated rings. The van der Waals surface area contributed by atoms with Gasteiger partial charge in [-0.2, -0.15) is 13.2 Å². The van der Waals surface area contributed by atoms with Crippen LogP contribution in [-0.4, -0.2) is 6.18 Å². The molecular formula is C12H16BrF3N2. The van der Waals surface area contributed by atoms with Gasteiger partial charge in [-0.15, -0.1) is 0 Å². The second-order valence-corrected chi connectivity index (χ2v) is 5.11. The predicted octanol–water partition coefficient (Wildman–Crippen LogP) is 3.99. The highest BCUT2D eigenvalue weighted by molar-refractivity contribution is 9.10. The Morgan fingerprint density at radius 1 is 1.39 bits per heavy atom. The first kappa shape index (κ1) is 15.5. The second-order valence-electron chi connectivity index (χ2n) is 4.25. The summed E-state index contributed by atoms with van der Waals surface area (Å²) in [6.07, 6.45) is -4.49. The zero-order chi connectivity index (χ0) is 13.8. The number of halogens is 4. The van der Waals surface area contributed by atoms with Gasteiger partial charge in [-0.05, 0) is 31.4 Å². The molecule has 102 valence electrons. The number of aryl methyl sites for hydroxylation is 1. The lowest BCUT2D eigenvalue weighted by molar-refractivity contribution is -0.135. The highest BCUT2D eigenvalue weighted by Gasteiger charge is 2.27. The molecule has 0 aromatic heterocycles. The van der Waals surface area contributed by atoms with Crippen LogP contribution in [0.3, 0.4) is 0 Å². The number of rotatable bonds is 5. The number of nitrogens with one attached hydrogen (secondary N) is 1. The molecule has 1 atom stereocenters. The molecule has 0 radical (unpaired) electrons. The molecule has 0 saturated heterocycles. The minimum Gasteiger partial charge on any atom is -0.271 e. The van der Waals surface area contributed by atoms with Gasteiger partial charge in [-0.25, -0.2) is 0 Å². The first-order chi connectivity index (χ1) is 8.33. The third kappa shape index (κ3) is 4.96. The summed E-state index contributed by atoms with van der Waals surface area (Å²) in [6.45, 7) is 1.93. The molecule has 0 aliphatic rings. The van der Waals surface area contributed by atoms with Gasteiger partial charge >= 0.3 is 6.18 Å². The molecule has 0 aliphatic carbocycles. The van der Waals surface area contributed by atoms with Crippen LogP contribution in [0.2, 0.25) is 0 Å². The van der Waals surface area contributed by atoms with Gasteiger partial charge in [0.05, 0.1) is 0 Å². The van der Waals surface area contributed by atoms with Gasteiger partial charge in [-0.1, -0.05) is 33.6 Å².